The highest BCUT2D eigenvalue weighted by Gasteiger charge is 2.15. The van der Waals surface area contributed by atoms with E-state index in [1.54, 1.807) is 11.3 Å². The average Bonchev–Trinajstić information content (AvgIpc) is 3.38. The summed E-state index contributed by atoms with van der Waals surface area (Å²) in [6.45, 7) is 4.08. The summed E-state index contributed by atoms with van der Waals surface area (Å²) in [5.74, 6) is -0.721. The van der Waals surface area contributed by atoms with Gasteiger partial charge in [-0.2, -0.15) is 5.10 Å². The number of thiophene rings is 1. The van der Waals surface area contributed by atoms with Gasteiger partial charge in [-0.1, -0.05) is 18.2 Å². The number of rotatable bonds is 7. The number of benzene rings is 1. The number of hydrogen-bond acceptors (Lipinski definition) is 6. The van der Waals surface area contributed by atoms with Crippen molar-refractivity contribution in [2.75, 3.05) is 6.61 Å². The number of aryl methyl sites for hydroxylation is 2. The van der Waals surface area contributed by atoms with Crippen LogP contribution in [0, 0.1) is 13.8 Å². The summed E-state index contributed by atoms with van der Waals surface area (Å²) in [6.07, 6.45) is 0.653. The Balaban J connectivity index is 1.36. The number of carbonyl (C=O) groups excluding carboxylic acids is 2. The minimum absolute atomic E-state index is 0.174. The Labute approximate surface area is 177 Å². The van der Waals surface area contributed by atoms with Crippen molar-refractivity contribution >= 4 is 39.8 Å². The zero-order valence-electron chi connectivity index (χ0n) is 16.8. The van der Waals surface area contributed by atoms with E-state index in [1.165, 1.54) is 0 Å². The van der Waals surface area contributed by atoms with E-state index in [0.29, 0.717) is 13.0 Å². The van der Waals surface area contributed by atoms with E-state index in [1.807, 2.05) is 60.1 Å². The lowest BCUT2D eigenvalue weighted by atomic mass is 10.1. The van der Waals surface area contributed by atoms with E-state index in [9.17, 15) is 9.59 Å². The molecule has 0 radical (unpaired) electrons. The van der Waals surface area contributed by atoms with Gasteiger partial charge in [0.1, 0.15) is 0 Å². The highest BCUT2D eigenvalue weighted by molar-refractivity contribution is 7.09. The zero-order valence-corrected chi connectivity index (χ0v) is 17.7. The number of fused-ring (bicyclic) bond motifs is 3. The summed E-state index contributed by atoms with van der Waals surface area (Å²) in [6, 6.07) is 11.7. The quantitative estimate of drug-likeness (QED) is 0.462. The molecule has 8 heteroatoms. The van der Waals surface area contributed by atoms with Crippen LogP contribution in [0.1, 0.15) is 28.2 Å². The van der Waals surface area contributed by atoms with E-state index in [0.717, 1.165) is 38.4 Å². The molecule has 7 nitrogen and oxygen atoms in total. The first kappa shape index (κ1) is 20.0. The molecule has 3 aromatic heterocycles. The van der Waals surface area contributed by atoms with Crippen molar-refractivity contribution in [3.05, 3.63) is 63.6 Å². The van der Waals surface area contributed by atoms with Crippen molar-refractivity contribution in [2.45, 2.75) is 33.2 Å². The number of hydrogen-bond donors (Lipinski definition) is 1. The molecule has 4 aromatic rings. The molecule has 1 amide bonds. The Bertz CT molecular complexity index is 1210. The number of nitrogens with zero attached hydrogens (tertiary/aromatic N) is 3. The molecular weight excluding hydrogens is 400 g/mol. The first-order valence-electron chi connectivity index (χ1n) is 9.71. The van der Waals surface area contributed by atoms with Crippen LogP contribution >= 0.6 is 11.3 Å². The van der Waals surface area contributed by atoms with Crippen molar-refractivity contribution in [1.82, 2.24) is 19.9 Å². The number of aromatic nitrogens is 3. The SMILES string of the molecule is Cc1nc2c3ccccc3nn2c(C)c1CCC(=O)OCC(=O)NCc1cccs1. The second-order valence-electron chi connectivity index (χ2n) is 7.03. The molecule has 3 heterocycles. The highest BCUT2D eigenvalue weighted by atomic mass is 32.1. The lowest BCUT2D eigenvalue weighted by molar-refractivity contribution is -0.148. The Hall–Kier alpha value is -3.26. The van der Waals surface area contributed by atoms with Gasteiger partial charge in [0.05, 0.1) is 12.1 Å². The topological polar surface area (TPSA) is 85.6 Å². The van der Waals surface area contributed by atoms with Crippen molar-refractivity contribution in [3.63, 3.8) is 0 Å². The van der Waals surface area contributed by atoms with Crippen LogP contribution in [0.4, 0.5) is 0 Å². The van der Waals surface area contributed by atoms with Gasteiger partial charge in [0, 0.05) is 28.1 Å². The molecule has 0 aliphatic rings. The van der Waals surface area contributed by atoms with Gasteiger partial charge in [-0.05, 0) is 49.4 Å². The van der Waals surface area contributed by atoms with Crippen molar-refractivity contribution in [1.29, 1.82) is 0 Å². The predicted octanol–water partition coefficient (Wildman–Crippen LogP) is 3.35. The maximum absolute atomic E-state index is 12.1. The smallest absolute Gasteiger partial charge is 0.306 e. The van der Waals surface area contributed by atoms with Crippen molar-refractivity contribution < 1.29 is 14.3 Å². The van der Waals surface area contributed by atoms with E-state index < -0.39 is 5.97 Å². The van der Waals surface area contributed by atoms with E-state index in [2.05, 4.69) is 10.4 Å². The molecule has 30 heavy (non-hydrogen) atoms. The third-order valence-corrected chi connectivity index (χ3v) is 5.88. The molecule has 0 atom stereocenters. The number of carbonyl (C=O) groups is 2. The molecule has 0 saturated carbocycles. The molecule has 0 saturated heterocycles. The Morgan fingerprint density at radius 1 is 1.17 bits per heavy atom. The molecule has 0 unspecified atom stereocenters. The lowest BCUT2D eigenvalue weighted by Crippen LogP contribution is -2.28. The summed E-state index contributed by atoms with van der Waals surface area (Å²) in [5, 5.41) is 10.3. The molecule has 0 aliphatic heterocycles. The molecule has 1 N–H and O–H groups in total. The van der Waals surface area contributed by atoms with Crippen LogP contribution in [0.3, 0.4) is 0 Å². The van der Waals surface area contributed by atoms with Gasteiger partial charge in [0.15, 0.2) is 12.3 Å². The summed E-state index contributed by atoms with van der Waals surface area (Å²) >= 11 is 1.56. The highest BCUT2D eigenvalue weighted by Crippen LogP contribution is 2.23. The molecule has 0 fully saturated rings. The largest absolute Gasteiger partial charge is 0.456 e. The molecule has 0 aliphatic carbocycles. The summed E-state index contributed by atoms with van der Waals surface area (Å²) in [7, 11) is 0. The minimum atomic E-state index is -0.411. The fourth-order valence-electron chi connectivity index (χ4n) is 3.43. The average molecular weight is 423 g/mol. The van der Waals surface area contributed by atoms with Crippen LogP contribution in [0.2, 0.25) is 0 Å². The maximum Gasteiger partial charge on any atom is 0.306 e. The predicted molar refractivity (Wildman–Crippen MR) is 115 cm³/mol. The van der Waals surface area contributed by atoms with Gasteiger partial charge < -0.3 is 10.1 Å². The molecule has 0 spiro atoms. The van der Waals surface area contributed by atoms with E-state index in [4.69, 9.17) is 9.72 Å². The number of esters is 1. The third kappa shape index (κ3) is 4.18. The van der Waals surface area contributed by atoms with Crippen LogP contribution in [-0.4, -0.2) is 33.1 Å². The minimum Gasteiger partial charge on any atom is -0.456 e. The Morgan fingerprint density at radius 2 is 2.00 bits per heavy atom. The maximum atomic E-state index is 12.1. The second-order valence-corrected chi connectivity index (χ2v) is 8.06. The van der Waals surface area contributed by atoms with Crippen LogP contribution in [0.25, 0.3) is 16.6 Å². The van der Waals surface area contributed by atoms with Gasteiger partial charge >= 0.3 is 5.97 Å². The first-order valence-corrected chi connectivity index (χ1v) is 10.6. The van der Waals surface area contributed by atoms with Crippen LogP contribution < -0.4 is 5.32 Å². The molecule has 4 rings (SSSR count). The molecule has 0 bridgehead atoms. The number of amides is 1. The fraction of sp³-hybridized carbons (Fsp3) is 0.273. The van der Waals surface area contributed by atoms with Gasteiger partial charge in [-0.15, -0.1) is 11.3 Å². The number of nitrogens with one attached hydrogen (secondary N) is 1. The molecular formula is C22H22N4O3S. The van der Waals surface area contributed by atoms with Crippen LogP contribution in [0.5, 0.6) is 0 Å². The second kappa shape index (κ2) is 8.62. The molecule has 1 aromatic carbocycles. The van der Waals surface area contributed by atoms with Crippen molar-refractivity contribution in [3.8, 4) is 0 Å². The fourth-order valence-corrected chi connectivity index (χ4v) is 4.08. The van der Waals surface area contributed by atoms with Crippen LogP contribution in [0.15, 0.2) is 41.8 Å². The Kier molecular flexibility index (Phi) is 5.76. The monoisotopic (exact) mass is 422 g/mol. The number of ether oxygens (including phenoxy) is 1. The van der Waals surface area contributed by atoms with Gasteiger partial charge in [0.25, 0.3) is 5.91 Å². The van der Waals surface area contributed by atoms with Gasteiger partial charge in [0.2, 0.25) is 0 Å². The zero-order chi connectivity index (χ0) is 21.1. The standard InChI is InChI=1S/C22H22N4O3S/c1-14-17(15(2)26-22(24-14)18-7-3-4-8-19(18)25-26)9-10-21(28)29-13-20(27)23-12-16-6-5-11-30-16/h3-8,11H,9-10,12-13H2,1-2H3,(H,23,27). The van der Waals surface area contributed by atoms with Crippen molar-refractivity contribution in [2.24, 2.45) is 0 Å². The Morgan fingerprint density at radius 3 is 2.80 bits per heavy atom. The van der Waals surface area contributed by atoms with E-state index >= 15 is 0 Å². The van der Waals surface area contributed by atoms with Gasteiger partial charge in [-0.3, -0.25) is 9.59 Å². The van der Waals surface area contributed by atoms with Crippen LogP contribution in [-0.2, 0) is 27.3 Å². The summed E-state index contributed by atoms with van der Waals surface area (Å²) < 4.78 is 6.95. The first-order chi connectivity index (χ1) is 14.5. The lowest BCUT2D eigenvalue weighted by Gasteiger charge is -2.11. The van der Waals surface area contributed by atoms with E-state index in [-0.39, 0.29) is 18.9 Å². The normalized spacial score (nSPS) is 11.1. The van der Waals surface area contributed by atoms with Gasteiger partial charge in [-0.25, -0.2) is 9.50 Å². The third-order valence-electron chi connectivity index (χ3n) is 5.00. The summed E-state index contributed by atoms with van der Waals surface area (Å²) in [4.78, 5) is 29.8. The molecule has 154 valence electrons. The summed E-state index contributed by atoms with van der Waals surface area (Å²) in [5.41, 5.74) is 4.49.